The van der Waals surface area contributed by atoms with Crippen LogP contribution in [-0.2, 0) is 16.1 Å². The molecule has 0 saturated carbocycles. The Kier molecular flexibility index (Phi) is 4.33. The van der Waals surface area contributed by atoms with Crippen molar-refractivity contribution >= 4 is 0 Å². The van der Waals surface area contributed by atoms with Gasteiger partial charge in [0, 0.05) is 31.4 Å². The summed E-state index contributed by atoms with van der Waals surface area (Å²) in [4.78, 5) is 0. The molecular weight excluding hydrogens is 272 g/mol. The van der Waals surface area contributed by atoms with Crippen LogP contribution in [-0.4, -0.2) is 43.7 Å². The summed E-state index contributed by atoms with van der Waals surface area (Å²) in [5, 5.41) is 9.49. The van der Waals surface area contributed by atoms with Crippen molar-refractivity contribution in [3.05, 3.63) is 23.8 Å². The largest absolute Gasteiger partial charge is 0.497 e. The maximum absolute atomic E-state index is 9.49. The second-order valence-electron chi connectivity index (χ2n) is 5.70. The molecule has 5 heteroatoms. The highest BCUT2D eigenvalue weighted by atomic mass is 16.6. The summed E-state index contributed by atoms with van der Waals surface area (Å²) in [5.41, 5.74) is 0.576. The van der Waals surface area contributed by atoms with Gasteiger partial charge in [-0.25, -0.2) is 0 Å². The summed E-state index contributed by atoms with van der Waals surface area (Å²) < 4.78 is 22.7. The van der Waals surface area contributed by atoms with Gasteiger partial charge in [-0.1, -0.05) is 0 Å². The molecule has 2 fully saturated rings. The van der Waals surface area contributed by atoms with E-state index in [1.54, 1.807) is 7.11 Å². The van der Waals surface area contributed by atoms with Crippen LogP contribution in [0.25, 0.3) is 0 Å². The lowest BCUT2D eigenvalue weighted by Gasteiger charge is -2.37. The smallest absolute Gasteiger partial charge is 0.125 e. The standard InChI is InChI=1S/C16H22O5/c1-18-13-2-3-15(12(8-13)10-17)21-14-4-6-20-16(9-14)5-7-19-11-16/h2-3,8,14,17H,4-7,9-11H2,1H3. The van der Waals surface area contributed by atoms with Crippen molar-refractivity contribution in [3.8, 4) is 11.5 Å². The Balaban J connectivity index is 1.71. The molecular formula is C16H22O5. The molecule has 5 nitrogen and oxygen atoms in total. The third kappa shape index (κ3) is 3.15. The van der Waals surface area contributed by atoms with Crippen LogP contribution in [0.5, 0.6) is 11.5 Å². The fraction of sp³-hybridized carbons (Fsp3) is 0.625. The normalized spacial score (nSPS) is 28.8. The molecule has 1 aromatic rings. The van der Waals surface area contributed by atoms with Crippen LogP contribution in [0, 0.1) is 0 Å². The van der Waals surface area contributed by atoms with Gasteiger partial charge in [-0.15, -0.1) is 0 Å². The molecule has 21 heavy (non-hydrogen) atoms. The molecule has 2 unspecified atom stereocenters. The van der Waals surface area contributed by atoms with Gasteiger partial charge < -0.3 is 24.1 Å². The summed E-state index contributed by atoms with van der Waals surface area (Å²) in [5.74, 6) is 1.44. The van der Waals surface area contributed by atoms with Gasteiger partial charge in [-0.2, -0.15) is 0 Å². The fourth-order valence-electron chi connectivity index (χ4n) is 3.05. The van der Waals surface area contributed by atoms with E-state index in [9.17, 15) is 5.11 Å². The van der Waals surface area contributed by atoms with E-state index >= 15 is 0 Å². The molecule has 3 rings (SSSR count). The first-order chi connectivity index (χ1) is 10.2. The van der Waals surface area contributed by atoms with Gasteiger partial charge in [0.15, 0.2) is 0 Å². The van der Waals surface area contributed by atoms with Gasteiger partial charge in [0.25, 0.3) is 0 Å². The van der Waals surface area contributed by atoms with E-state index in [2.05, 4.69) is 0 Å². The number of aliphatic hydroxyl groups excluding tert-OH is 1. The number of rotatable bonds is 4. The lowest BCUT2D eigenvalue weighted by Crippen LogP contribution is -2.44. The van der Waals surface area contributed by atoms with E-state index in [0.717, 1.165) is 42.9 Å². The molecule has 0 radical (unpaired) electrons. The van der Waals surface area contributed by atoms with Crippen LogP contribution < -0.4 is 9.47 Å². The van der Waals surface area contributed by atoms with Crippen LogP contribution >= 0.6 is 0 Å². The third-order valence-electron chi connectivity index (χ3n) is 4.25. The van der Waals surface area contributed by atoms with E-state index in [4.69, 9.17) is 18.9 Å². The minimum atomic E-state index is -0.172. The average Bonchev–Trinajstić information content (AvgIpc) is 2.95. The van der Waals surface area contributed by atoms with Crippen LogP contribution in [0.15, 0.2) is 18.2 Å². The van der Waals surface area contributed by atoms with Crippen molar-refractivity contribution in [2.45, 2.75) is 37.6 Å². The lowest BCUT2D eigenvalue weighted by atomic mass is 9.91. The highest BCUT2D eigenvalue weighted by Crippen LogP contribution is 2.35. The van der Waals surface area contributed by atoms with Crippen molar-refractivity contribution in [1.29, 1.82) is 0 Å². The summed E-state index contributed by atoms with van der Waals surface area (Å²) in [6.07, 6.45) is 2.73. The number of methoxy groups -OCH3 is 1. The molecule has 2 heterocycles. The molecule has 2 aliphatic heterocycles. The zero-order chi connectivity index (χ0) is 14.7. The number of hydrogen-bond donors (Lipinski definition) is 1. The molecule has 2 saturated heterocycles. The first-order valence-corrected chi connectivity index (χ1v) is 7.41. The van der Waals surface area contributed by atoms with Crippen molar-refractivity contribution in [3.63, 3.8) is 0 Å². The summed E-state index contributed by atoms with van der Waals surface area (Å²) in [7, 11) is 1.61. The van der Waals surface area contributed by atoms with Crippen molar-refractivity contribution in [2.24, 2.45) is 0 Å². The second kappa shape index (κ2) is 6.22. The lowest BCUT2D eigenvalue weighted by molar-refractivity contribution is -0.112. The molecule has 0 aliphatic carbocycles. The number of ether oxygens (including phenoxy) is 4. The van der Waals surface area contributed by atoms with Crippen LogP contribution in [0.3, 0.4) is 0 Å². The Labute approximate surface area is 124 Å². The number of aliphatic hydroxyl groups is 1. The van der Waals surface area contributed by atoms with Gasteiger partial charge in [0.2, 0.25) is 0 Å². The minimum absolute atomic E-state index is 0.0655. The third-order valence-corrected chi connectivity index (χ3v) is 4.25. The van der Waals surface area contributed by atoms with E-state index in [1.807, 2.05) is 18.2 Å². The molecule has 2 atom stereocenters. The molecule has 116 valence electrons. The first-order valence-electron chi connectivity index (χ1n) is 7.41. The highest BCUT2D eigenvalue weighted by molar-refractivity contribution is 5.40. The number of hydrogen-bond acceptors (Lipinski definition) is 5. The Morgan fingerprint density at radius 1 is 1.38 bits per heavy atom. The Hall–Kier alpha value is -1.30. The summed E-state index contributed by atoms with van der Waals surface area (Å²) >= 11 is 0. The fourth-order valence-corrected chi connectivity index (χ4v) is 3.05. The maximum Gasteiger partial charge on any atom is 0.125 e. The van der Waals surface area contributed by atoms with E-state index < -0.39 is 0 Å². The topological polar surface area (TPSA) is 57.2 Å². The Morgan fingerprint density at radius 3 is 3.00 bits per heavy atom. The van der Waals surface area contributed by atoms with E-state index in [1.165, 1.54) is 0 Å². The van der Waals surface area contributed by atoms with Gasteiger partial charge in [-0.3, -0.25) is 0 Å². The zero-order valence-corrected chi connectivity index (χ0v) is 12.3. The molecule has 1 aromatic carbocycles. The van der Waals surface area contributed by atoms with Crippen LogP contribution in [0.1, 0.15) is 24.8 Å². The number of benzene rings is 1. The van der Waals surface area contributed by atoms with Gasteiger partial charge in [0.1, 0.15) is 17.6 Å². The Bertz CT molecular complexity index is 482. The summed E-state index contributed by atoms with van der Waals surface area (Å²) in [6, 6.07) is 5.52. The molecule has 0 bridgehead atoms. The van der Waals surface area contributed by atoms with Crippen molar-refractivity contribution < 1.29 is 24.1 Å². The van der Waals surface area contributed by atoms with Gasteiger partial charge in [0.05, 0.1) is 32.5 Å². The van der Waals surface area contributed by atoms with Gasteiger partial charge in [-0.05, 0) is 18.2 Å². The Morgan fingerprint density at radius 2 is 2.29 bits per heavy atom. The zero-order valence-electron chi connectivity index (χ0n) is 12.3. The molecule has 2 aliphatic rings. The van der Waals surface area contributed by atoms with E-state index in [-0.39, 0.29) is 18.3 Å². The van der Waals surface area contributed by atoms with Crippen molar-refractivity contribution in [2.75, 3.05) is 26.9 Å². The minimum Gasteiger partial charge on any atom is -0.497 e. The molecule has 0 amide bonds. The predicted molar refractivity (Wildman–Crippen MR) is 76.7 cm³/mol. The molecule has 1 N–H and O–H groups in total. The maximum atomic E-state index is 9.49. The van der Waals surface area contributed by atoms with Crippen LogP contribution in [0.4, 0.5) is 0 Å². The first kappa shape index (κ1) is 14.6. The average molecular weight is 294 g/mol. The monoisotopic (exact) mass is 294 g/mol. The predicted octanol–water partition coefficient (Wildman–Crippen LogP) is 1.90. The van der Waals surface area contributed by atoms with Crippen molar-refractivity contribution in [1.82, 2.24) is 0 Å². The van der Waals surface area contributed by atoms with Crippen LogP contribution in [0.2, 0.25) is 0 Å². The highest BCUT2D eigenvalue weighted by Gasteiger charge is 2.41. The SMILES string of the molecule is COc1ccc(OC2CCOC3(CCOC3)C2)c(CO)c1. The second-order valence-corrected chi connectivity index (χ2v) is 5.70. The molecule has 0 aromatic heterocycles. The molecule has 1 spiro atoms. The quantitative estimate of drug-likeness (QED) is 0.919. The van der Waals surface area contributed by atoms with Gasteiger partial charge >= 0.3 is 0 Å². The van der Waals surface area contributed by atoms with E-state index in [0.29, 0.717) is 13.2 Å². The summed E-state index contributed by atoms with van der Waals surface area (Å²) in [6.45, 7) is 2.04.